The number of carbonyl (C=O) groups excluding carboxylic acids is 2. The number of aldehydes is 1. The summed E-state index contributed by atoms with van der Waals surface area (Å²) in [4.78, 5) is 22.5. The monoisotopic (exact) mass is 416 g/mol. The minimum atomic E-state index is -1.41. The van der Waals surface area contributed by atoms with Gasteiger partial charge in [-0.3, -0.25) is 4.79 Å². The summed E-state index contributed by atoms with van der Waals surface area (Å²) in [5, 5.41) is 19.7. The first-order valence-corrected chi connectivity index (χ1v) is 10.9. The van der Waals surface area contributed by atoms with Crippen molar-refractivity contribution >= 4 is 12.3 Å². The molecule has 0 aromatic carbocycles. The van der Waals surface area contributed by atoms with Crippen molar-refractivity contribution in [2.24, 2.45) is 11.3 Å². The first kappa shape index (κ1) is 24.3. The Kier molecular flexibility index (Phi) is 8.80. The molecule has 2 rings (SSSR count). The highest BCUT2D eigenvalue weighted by Crippen LogP contribution is 2.51. The lowest BCUT2D eigenvalue weighted by molar-refractivity contribution is -0.151. The topological polar surface area (TPSA) is 83.8 Å². The maximum Gasteiger partial charge on any atom is 0.333 e. The van der Waals surface area contributed by atoms with Crippen molar-refractivity contribution in [2.75, 3.05) is 0 Å². The van der Waals surface area contributed by atoms with Crippen LogP contribution < -0.4 is 0 Å². The molecule has 1 saturated carbocycles. The first-order valence-electron chi connectivity index (χ1n) is 10.9. The molecule has 0 aromatic rings. The van der Waals surface area contributed by atoms with Gasteiger partial charge in [0.25, 0.3) is 0 Å². The summed E-state index contributed by atoms with van der Waals surface area (Å²) in [7, 11) is 0. The smallest absolute Gasteiger partial charge is 0.333 e. The average Bonchev–Trinajstić information content (AvgIpc) is 3.24. The van der Waals surface area contributed by atoms with Gasteiger partial charge in [0.2, 0.25) is 6.29 Å². The molecule has 1 aliphatic heterocycles. The summed E-state index contributed by atoms with van der Waals surface area (Å²) in [6, 6.07) is 0. The lowest BCUT2D eigenvalue weighted by Gasteiger charge is -2.35. The number of aliphatic hydroxyl groups excluding tert-OH is 2. The van der Waals surface area contributed by atoms with E-state index in [1.165, 1.54) is 30.4 Å². The van der Waals surface area contributed by atoms with Crippen LogP contribution in [0.3, 0.4) is 0 Å². The number of esters is 1. The Morgan fingerprint density at radius 2 is 2.10 bits per heavy atom. The number of rotatable bonds is 11. The highest BCUT2D eigenvalue weighted by molar-refractivity contribution is 5.85. The van der Waals surface area contributed by atoms with Crippen molar-refractivity contribution in [1.29, 1.82) is 0 Å². The Morgan fingerprint density at radius 1 is 1.37 bits per heavy atom. The molecule has 30 heavy (non-hydrogen) atoms. The fraction of sp³-hybridized carbons (Fsp3) is 0.600. The number of hydrogen-bond donors (Lipinski definition) is 2. The molecule has 0 amide bonds. The SMILES string of the molecule is C=C(C)[C@]1(CCC(C)=CCCC(C=O)=CC[C@@H](O)C2=CC(=O)O[C@H]2O)CCC[C@H]1C. The lowest BCUT2D eigenvalue weighted by atomic mass is 9.70. The summed E-state index contributed by atoms with van der Waals surface area (Å²) in [5.41, 5.74) is 3.63. The maximum absolute atomic E-state index is 11.4. The van der Waals surface area contributed by atoms with Crippen LogP contribution in [0.4, 0.5) is 0 Å². The van der Waals surface area contributed by atoms with Crippen LogP contribution in [0.25, 0.3) is 0 Å². The first-order chi connectivity index (χ1) is 14.2. The van der Waals surface area contributed by atoms with Crippen molar-refractivity contribution in [3.05, 3.63) is 47.1 Å². The van der Waals surface area contributed by atoms with E-state index in [2.05, 4.69) is 38.2 Å². The molecular weight excluding hydrogens is 380 g/mol. The van der Waals surface area contributed by atoms with E-state index in [1.807, 2.05) is 0 Å². The summed E-state index contributed by atoms with van der Waals surface area (Å²) >= 11 is 0. The quantitative estimate of drug-likeness (QED) is 0.223. The molecule has 2 aliphatic rings. The fourth-order valence-electron chi connectivity index (χ4n) is 4.76. The maximum atomic E-state index is 11.4. The molecule has 1 aliphatic carbocycles. The van der Waals surface area contributed by atoms with Crippen molar-refractivity contribution in [2.45, 2.75) is 84.5 Å². The molecule has 166 valence electrons. The van der Waals surface area contributed by atoms with E-state index in [1.54, 1.807) is 6.08 Å². The molecule has 1 heterocycles. The molecule has 2 N–H and O–H groups in total. The second kappa shape index (κ2) is 10.9. The van der Waals surface area contributed by atoms with E-state index in [0.717, 1.165) is 31.6 Å². The molecule has 0 spiro atoms. The molecule has 0 bridgehead atoms. The van der Waals surface area contributed by atoms with Crippen LogP contribution in [-0.2, 0) is 14.3 Å². The Bertz CT molecular complexity index is 745. The normalized spacial score (nSPS) is 28.3. The molecule has 5 heteroatoms. The van der Waals surface area contributed by atoms with E-state index in [4.69, 9.17) is 0 Å². The molecule has 1 fully saturated rings. The second-order valence-electron chi connectivity index (χ2n) is 8.90. The Morgan fingerprint density at radius 3 is 2.63 bits per heavy atom. The molecule has 4 atom stereocenters. The van der Waals surface area contributed by atoms with Gasteiger partial charge >= 0.3 is 5.97 Å². The summed E-state index contributed by atoms with van der Waals surface area (Å²) in [6.07, 6.45) is 10.8. The summed E-state index contributed by atoms with van der Waals surface area (Å²) in [6.45, 7) is 10.9. The Balaban J connectivity index is 1.84. The molecule has 0 saturated heterocycles. The third kappa shape index (κ3) is 6.02. The van der Waals surface area contributed by atoms with Crippen LogP contribution in [0.15, 0.2) is 47.1 Å². The number of cyclic esters (lactones) is 1. The lowest BCUT2D eigenvalue weighted by Crippen LogP contribution is -2.24. The zero-order valence-corrected chi connectivity index (χ0v) is 18.5. The third-order valence-corrected chi connectivity index (χ3v) is 6.88. The average molecular weight is 417 g/mol. The minimum Gasteiger partial charge on any atom is -0.429 e. The van der Waals surface area contributed by atoms with Crippen molar-refractivity contribution in [3.63, 3.8) is 0 Å². The van der Waals surface area contributed by atoms with E-state index >= 15 is 0 Å². The van der Waals surface area contributed by atoms with Crippen LogP contribution in [0.1, 0.15) is 72.1 Å². The van der Waals surface area contributed by atoms with Crippen molar-refractivity contribution in [3.8, 4) is 0 Å². The summed E-state index contributed by atoms with van der Waals surface area (Å²) in [5.74, 6) is 0.0187. The van der Waals surface area contributed by atoms with Gasteiger partial charge in [-0.2, -0.15) is 0 Å². The van der Waals surface area contributed by atoms with Crippen LogP contribution in [0.5, 0.6) is 0 Å². The van der Waals surface area contributed by atoms with Gasteiger partial charge in [0.05, 0.1) is 6.10 Å². The van der Waals surface area contributed by atoms with Crippen molar-refractivity contribution in [1.82, 2.24) is 0 Å². The third-order valence-electron chi connectivity index (χ3n) is 6.88. The van der Waals surface area contributed by atoms with Gasteiger partial charge in [0.1, 0.15) is 6.29 Å². The van der Waals surface area contributed by atoms with Crippen LogP contribution in [0.2, 0.25) is 0 Å². The Hall–Kier alpha value is -1.98. The number of hydrogen-bond acceptors (Lipinski definition) is 5. The van der Waals surface area contributed by atoms with Gasteiger partial charge in [-0.25, -0.2) is 4.79 Å². The van der Waals surface area contributed by atoms with Crippen LogP contribution >= 0.6 is 0 Å². The van der Waals surface area contributed by atoms with Gasteiger partial charge in [-0.05, 0) is 75.7 Å². The van der Waals surface area contributed by atoms with E-state index < -0.39 is 18.4 Å². The van der Waals surface area contributed by atoms with E-state index in [9.17, 15) is 19.8 Å². The molecular formula is C25H36O5. The molecule has 0 unspecified atom stereocenters. The van der Waals surface area contributed by atoms with Crippen LogP contribution in [-0.4, -0.2) is 34.9 Å². The Labute approximate surface area is 180 Å². The molecule has 5 nitrogen and oxygen atoms in total. The van der Waals surface area contributed by atoms with E-state index in [0.29, 0.717) is 17.9 Å². The van der Waals surface area contributed by atoms with Gasteiger partial charge in [0, 0.05) is 11.6 Å². The van der Waals surface area contributed by atoms with E-state index in [-0.39, 0.29) is 17.4 Å². The fourth-order valence-corrected chi connectivity index (χ4v) is 4.76. The highest BCUT2D eigenvalue weighted by Gasteiger charge is 2.40. The second-order valence-corrected chi connectivity index (χ2v) is 8.90. The predicted octanol–water partition coefficient (Wildman–Crippen LogP) is 4.55. The minimum absolute atomic E-state index is 0.129. The van der Waals surface area contributed by atoms with Crippen LogP contribution in [0, 0.1) is 11.3 Å². The zero-order valence-electron chi connectivity index (χ0n) is 18.5. The van der Waals surface area contributed by atoms with Gasteiger partial charge in [-0.15, -0.1) is 0 Å². The highest BCUT2D eigenvalue weighted by atomic mass is 16.6. The number of carbonyl (C=O) groups is 2. The standard InChI is InChI=1S/C25H36O5/c1-17(2)25(13-6-8-19(25)4)14-12-18(3)7-5-9-20(16-26)10-11-22(27)21-15-23(28)30-24(21)29/h7,10,15-16,19,22,24,27,29H,1,5-6,8-9,11-14H2,2-4H3/t19-,22-,24-,25-/m1/s1. The number of aliphatic hydroxyl groups is 2. The van der Waals surface area contributed by atoms with Gasteiger partial charge < -0.3 is 14.9 Å². The molecule has 0 radical (unpaired) electrons. The number of allylic oxidation sites excluding steroid dienone is 4. The molecule has 0 aromatic heterocycles. The zero-order chi connectivity index (χ0) is 22.3. The van der Waals surface area contributed by atoms with Gasteiger partial charge in [0.15, 0.2) is 0 Å². The largest absolute Gasteiger partial charge is 0.429 e. The van der Waals surface area contributed by atoms with Crippen molar-refractivity contribution < 1.29 is 24.5 Å². The number of ether oxygens (including phenoxy) is 1. The predicted molar refractivity (Wildman–Crippen MR) is 117 cm³/mol. The summed E-state index contributed by atoms with van der Waals surface area (Å²) < 4.78 is 4.57. The van der Waals surface area contributed by atoms with Gasteiger partial charge in [-0.1, -0.05) is 43.2 Å².